The number of benzene rings is 1. The van der Waals surface area contributed by atoms with E-state index in [4.69, 9.17) is 10.5 Å². The predicted molar refractivity (Wildman–Crippen MR) is 66.2 cm³/mol. The van der Waals surface area contributed by atoms with Crippen LogP contribution in [0.3, 0.4) is 0 Å². The number of esters is 1. The molecule has 0 heterocycles. The average Bonchev–Trinajstić information content (AvgIpc) is 2.36. The van der Waals surface area contributed by atoms with Crippen LogP contribution in [0.25, 0.3) is 0 Å². The molecular formula is C12H16N2O4. The molecule has 0 aliphatic rings. The van der Waals surface area contributed by atoms with E-state index in [0.29, 0.717) is 5.75 Å². The van der Waals surface area contributed by atoms with Crippen molar-refractivity contribution in [3.05, 3.63) is 24.3 Å². The van der Waals surface area contributed by atoms with Gasteiger partial charge in [-0.15, -0.1) is 0 Å². The topological polar surface area (TPSA) is 90.7 Å². The van der Waals surface area contributed by atoms with Gasteiger partial charge in [-0.1, -0.05) is 0 Å². The highest BCUT2D eigenvalue weighted by Gasteiger charge is 2.12. The number of nitrogens with two attached hydrogens (primary N) is 1. The summed E-state index contributed by atoms with van der Waals surface area (Å²) in [5.74, 6) is -0.342. The molecule has 6 nitrogen and oxygen atoms in total. The third kappa shape index (κ3) is 4.32. The van der Waals surface area contributed by atoms with E-state index in [1.54, 1.807) is 31.2 Å². The number of carbonyl (C=O) groups is 2. The van der Waals surface area contributed by atoms with E-state index in [9.17, 15) is 9.59 Å². The summed E-state index contributed by atoms with van der Waals surface area (Å²) in [6.07, 6.45) is 0. The van der Waals surface area contributed by atoms with Crippen molar-refractivity contribution < 1.29 is 19.1 Å². The first-order chi connectivity index (χ1) is 8.52. The van der Waals surface area contributed by atoms with Gasteiger partial charge in [0.25, 0.3) is 5.91 Å². The molecule has 0 aromatic heterocycles. The minimum atomic E-state index is -0.531. The van der Waals surface area contributed by atoms with Crippen LogP contribution in [-0.2, 0) is 14.3 Å². The van der Waals surface area contributed by atoms with Crippen LogP contribution in [-0.4, -0.2) is 31.6 Å². The summed E-state index contributed by atoms with van der Waals surface area (Å²) in [7, 11) is 1.33. The smallest absolute Gasteiger partial charge is 0.327 e. The summed E-state index contributed by atoms with van der Waals surface area (Å²) in [5.41, 5.74) is 5.71. The zero-order chi connectivity index (χ0) is 13.5. The van der Waals surface area contributed by atoms with Crippen LogP contribution in [0.2, 0.25) is 0 Å². The second kappa shape index (κ2) is 6.48. The molecule has 18 heavy (non-hydrogen) atoms. The predicted octanol–water partition coefficient (Wildman–Crippen LogP) is 0.524. The van der Waals surface area contributed by atoms with Crippen molar-refractivity contribution >= 4 is 17.6 Å². The number of carbonyl (C=O) groups excluding carboxylic acids is 2. The minimum absolute atomic E-state index is 0.161. The number of hydrogen-bond acceptors (Lipinski definition) is 5. The molecular weight excluding hydrogens is 236 g/mol. The van der Waals surface area contributed by atoms with E-state index in [1.165, 1.54) is 7.11 Å². The fourth-order valence-corrected chi connectivity index (χ4v) is 1.29. The van der Waals surface area contributed by atoms with Gasteiger partial charge < -0.3 is 20.5 Å². The zero-order valence-electron chi connectivity index (χ0n) is 10.3. The van der Waals surface area contributed by atoms with Crippen LogP contribution in [0.15, 0.2) is 24.3 Å². The Morgan fingerprint density at radius 1 is 1.33 bits per heavy atom. The number of nitrogens with one attached hydrogen (secondary N) is 1. The Hall–Kier alpha value is -2.24. The maximum absolute atomic E-state index is 11.2. The van der Waals surface area contributed by atoms with E-state index < -0.39 is 11.9 Å². The fraction of sp³-hybridized carbons (Fsp3) is 0.333. The lowest BCUT2D eigenvalue weighted by Gasteiger charge is -2.13. The maximum atomic E-state index is 11.2. The SMILES string of the molecule is COC(=O)C(C)Nc1ccc(OCC(N)=O)cc1. The van der Waals surface area contributed by atoms with E-state index in [-0.39, 0.29) is 12.6 Å². The third-order valence-corrected chi connectivity index (χ3v) is 2.17. The zero-order valence-corrected chi connectivity index (χ0v) is 10.3. The van der Waals surface area contributed by atoms with Gasteiger partial charge in [-0.3, -0.25) is 4.79 Å². The number of hydrogen-bond donors (Lipinski definition) is 2. The van der Waals surface area contributed by atoms with Crippen LogP contribution in [0, 0.1) is 0 Å². The first kappa shape index (κ1) is 13.8. The Labute approximate surface area is 105 Å². The van der Waals surface area contributed by atoms with Crippen molar-refractivity contribution in [1.82, 2.24) is 0 Å². The van der Waals surface area contributed by atoms with Gasteiger partial charge in [-0.05, 0) is 31.2 Å². The number of ether oxygens (including phenoxy) is 2. The summed E-state index contributed by atoms with van der Waals surface area (Å²) < 4.78 is 9.70. The molecule has 1 rings (SSSR count). The van der Waals surface area contributed by atoms with E-state index >= 15 is 0 Å². The van der Waals surface area contributed by atoms with Gasteiger partial charge in [0.2, 0.25) is 0 Å². The summed E-state index contributed by atoms with van der Waals surface area (Å²) in [5, 5.41) is 2.96. The van der Waals surface area contributed by atoms with Gasteiger partial charge in [0.15, 0.2) is 6.61 Å². The maximum Gasteiger partial charge on any atom is 0.327 e. The molecule has 0 radical (unpaired) electrons. The Morgan fingerprint density at radius 3 is 2.44 bits per heavy atom. The molecule has 0 saturated heterocycles. The minimum Gasteiger partial charge on any atom is -0.484 e. The van der Waals surface area contributed by atoms with Crippen molar-refractivity contribution in [2.75, 3.05) is 19.0 Å². The van der Waals surface area contributed by atoms with Gasteiger partial charge in [0.1, 0.15) is 11.8 Å². The van der Waals surface area contributed by atoms with Gasteiger partial charge in [-0.2, -0.15) is 0 Å². The standard InChI is InChI=1S/C12H16N2O4/c1-8(12(16)17-2)14-9-3-5-10(6-4-9)18-7-11(13)15/h3-6,8,14H,7H2,1-2H3,(H2,13,15). The van der Waals surface area contributed by atoms with E-state index in [2.05, 4.69) is 10.1 Å². The Morgan fingerprint density at radius 2 is 1.94 bits per heavy atom. The average molecular weight is 252 g/mol. The molecule has 6 heteroatoms. The molecule has 1 amide bonds. The van der Waals surface area contributed by atoms with E-state index in [1.807, 2.05) is 0 Å². The van der Waals surface area contributed by atoms with Crippen molar-refractivity contribution in [3.63, 3.8) is 0 Å². The highest BCUT2D eigenvalue weighted by Crippen LogP contribution is 2.16. The third-order valence-electron chi connectivity index (χ3n) is 2.17. The van der Waals surface area contributed by atoms with Crippen molar-refractivity contribution in [2.45, 2.75) is 13.0 Å². The lowest BCUT2D eigenvalue weighted by Crippen LogP contribution is -2.27. The Bertz CT molecular complexity index is 417. The monoisotopic (exact) mass is 252 g/mol. The first-order valence-electron chi connectivity index (χ1n) is 5.38. The molecule has 0 aliphatic carbocycles. The van der Waals surface area contributed by atoms with Gasteiger partial charge in [-0.25, -0.2) is 4.79 Å². The molecule has 1 atom stereocenters. The molecule has 0 aliphatic heterocycles. The van der Waals surface area contributed by atoms with Crippen LogP contribution in [0.4, 0.5) is 5.69 Å². The quantitative estimate of drug-likeness (QED) is 0.720. The summed E-state index contributed by atoms with van der Waals surface area (Å²) in [6.45, 7) is 1.54. The summed E-state index contributed by atoms with van der Waals surface area (Å²) in [4.78, 5) is 21.7. The molecule has 1 aromatic rings. The van der Waals surface area contributed by atoms with Gasteiger partial charge in [0, 0.05) is 5.69 Å². The number of primary amides is 1. The van der Waals surface area contributed by atoms with Crippen molar-refractivity contribution in [2.24, 2.45) is 5.73 Å². The van der Waals surface area contributed by atoms with Crippen LogP contribution in [0.1, 0.15) is 6.92 Å². The second-order valence-corrected chi connectivity index (χ2v) is 3.67. The molecule has 1 unspecified atom stereocenters. The largest absolute Gasteiger partial charge is 0.484 e. The molecule has 0 fully saturated rings. The molecule has 98 valence electrons. The molecule has 3 N–H and O–H groups in total. The van der Waals surface area contributed by atoms with Gasteiger partial charge >= 0.3 is 5.97 Å². The lowest BCUT2D eigenvalue weighted by molar-refractivity contribution is -0.141. The number of anilines is 1. The summed E-state index contributed by atoms with van der Waals surface area (Å²) in [6, 6.07) is 6.38. The highest BCUT2D eigenvalue weighted by molar-refractivity contribution is 5.78. The normalized spacial score (nSPS) is 11.4. The lowest BCUT2D eigenvalue weighted by atomic mass is 10.2. The van der Waals surface area contributed by atoms with Crippen molar-refractivity contribution in [3.8, 4) is 5.75 Å². The number of rotatable bonds is 6. The van der Waals surface area contributed by atoms with Crippen molar-refractivity contribution in [1.29, 1.82) is 0 Å². The first-order valence-corrected chi connectivity index (χ1v) is 5.38. The van der Waals surface area contributed by atoms with Gasteiger partial charge in [0.05, 0.1) is 7.11 Å². The molecule has 0 bridgehead atoms. The van der Waals surface area contributed by atoms with Crippen LogP contribution in [0.5, 0.6) is 5.75 Å². The molecule has 0 spiro atoms. The molecule has 0 saturated carbocycles. The van der Waals surface area contributed by atoms with E-state index in [0.717, 1.165) is 5.69 Å². The van der Waals surface area contributed by atoms with Crippen LogP contribution < -0.4 is 15.8 Å². The fourth-order valence-electron chi connectivity index (χ4n) is 1.29. The Kier molecular flexibility index (Phi) is 4.98. The number of methoxy groups -OCH3 is 1. The highest BCUT2D eigenvalue weighted by atomic mass is 16.5. The second-order valence-electron chi connectivity index (χ2n) is 3.67. The van der Waals surface area contributed by atoms with Crippen LogP contribution >= 0.6 is 0 Å². The number of amides is 1. The molecule has 1 aromatic carbocycles. The Balaban J connectivity index is 2.54. The summed E-state index contributed by atoms with van der Waals surface area (Å²) >= 11 is 0.